The molecule has 1 saturated heterocycles. The Morgan fingerprint density at radius 2 is 2.00 bits per heavy atom. The quantitative estimate of drug-likeness (QED) is 0.865. The molecule has 1 aliphatic rings. The number of nitrogens with zero attached hydrogens (tertiary/aromatic N) is 2. The highest BCUT2D eigenvalue weighted by Gasteiger charge is 2.31. The van der Waals surface area contributed by atoms with Crippen LogP contribution >= 0.6 is 0 Å². The lowest BCUT2D eigenvalue weighted by Crippen LogP contribution is -2.44. The molecule has 3 rings (SSSR count). The van der Waals surface area contributed by atoms with E-state index in [1.165, 1.54) is 17.9 Å². The molecule has 1 aromatic heterocycles. The van der Waals surface area contributed by atoms with Crippen LogP contribution in [0, 0.1) is 6.92 Å². The second kappa shape index (κ2) is 6.64. The number of carbonyl (C=O) groups excluding carboxylic acids is 2. The smallest absolute Gasteiger partial charge is 0.315 e. The number of piperidine rings is 1. The summed E-state index contributed by atoms with van der Waals surface area (Å²) < 4.78 is 4.65. The first-order valence-electron chi connectivity index (χ1n) is 7.74. The maximum absolute atomic E-state index is 12.5. The van der Waals surface area contributed by atoms with E-state index >= 15 is 0 Å². The van der Waals surface area contributed by atoms with Crippen LogP contribution in [0.3, 0.4) is 0 Å². The van der Waals surface area contributed by atoms with Crippen LogP contribution in [0.25, 0.3) is 0 Å². The molecule has 2 aromatic rings. The van der Waals surface area contributed by atoms with Gasteiger partial charge in [0.2, 0.25) is 0 Å². The van der Waals surface area contributed by atoms with Crippen molar-refractivity contribution >= 4 is 17.6 Å². The van der Waals surface area contributed by atoms with E-state index in [2.05, 4.69) is 15.0 Å². The molecule has 2 heterocycles. The summed E-state index contributed by atoms with van der Waals surface area (Å²) in [5.74, 6) is -0.969. The highest BCUT2D eigenvalue weighted by atomic mass is 16.5. The van der Waals surface area contributed by atoms with E-state index < -0.39 is 11.8 Å². The number of rotatable bonds is 2. The fourth-order valence-electron chi connectivity index (χ4n) is 2.89. The van der Waals surface area contributed by atoms with E-state index in [1.54, 1.807) is 4.90 Å². The number of carbonyl (C=O) groups is 2. The minimum atomic E-state index is -0.682. The Hall–Kier alpha value is -2.63. The molecular formula is C17H19N3O3. The fourth-order valence-corrected chi connectivity index (χ4v) is 2.89. The molecule has 6 nitrogen and oxygen atoms in total. The standard InChI is InChI=1S/C17H19N3O3/c1-12-5-7-13(8-6-12)14-4-2-3-10-20(14)17(22)16(21)18-15-9-11-23-19-15/h5-9,11,14H,2-4,10H2,1H3,(H,18,19,21). The van der Waals surface area contributed by atoms with E-state index in [1.807, 2.05) is 31.2 Å². The van der Waals surface area contributed by atoms with Gasteiger partial charge in [-0.3, -0.25) is 14.9 Å². The highest BCUT2D eigenvalue weighted by Crippen LogP contribution is 2.31. The van der Waals surface area contributed by atoms with Gasteiger partial charge in [-0.1, -0.05) is 35.0 Å². The summed E-state index contributed by atoms with van der Waals surface area (Å²) in [6.45, 7) is 2.61. The molecule has 23 heavy (non-hydrogen) atoms. The highest BCUT2D eigenvalue weighted by molar-refractivity contribution is 6.39. The zero-order chi connectivity index (χ0) is 16.2. The summed E-state index contributed by atoms with van der Waals surface area (Å²) in [7, 11) is 0. The van der Waals surface area contributed by atoms with Gasteiger partial charge in [0.15, 0.2) is 5.82 Å². The van der Waals surface area contributed by atoms with Crippen LogP contribution in [-0.2, 0) is 9.59 Å². The Kier molecular flexibility index (Phi) is 4.41. The Morgan fingerprint density at radius 1 is 1.22 bits per heavy atom. The normalized spacial score (nSPS) is 17.8. The summed E-state index contributed by atoms with van der Waals surface area (Å²) in [6, 6.07) is 9.56. The van der Waals surface area contributed by atoms with Crippen molar-refractivity contribution in [2.45, 2.75) is 32.2 Å². The first-order chi connectivity index (χ1) is 11.1. The van der Waals surface area contributed by atoms with Crippen molar-refractivity contribution in [1.29, 1.82) is 0 Å². The molecule has 0 aliphatic carbocycles. The summed E-state index contributed by atoms with van der Waals surface area (Å²) in [5.41, 5.74) is 2.24. The Labute approximate surface area is 134 Å². The largest absolute Gasteiger partial charge is 0.363 e. The SMILES string of the molecule is Cc1ccc(C2CCCCN2C(=O)C(=O)Nc2ccon2)cc1. The number of amides is 2. The van der Waals surface area contributed by atoms with Gasteiger partial charge in [-0.25, -0.2) is 0 Å². The van der Waals surface area contributed by atoms with Crippen LogP contribution in [0.4, 0.5) is 5.82 Å². The number of likely N-dealkylation sites (tertiary alicyclic amines) is 1. The van der Waals surface area contributed by atoms with Crippen LogP contribution in [0.15, 0.2) is 41.1 Å². The Morgan fingerprint density at radius 3 is 2.70 bits per heavy atom. The third kappa shape index (κ3) is 3.41. The zero-order valence-electron chi connectivity index (χ0n) is 13.0. The Bertz CT molecular complexity index is 680. The molecule has 1 atom stereocenters. The first kappa shape index (κ1) is 15.3. The monoisotopic (exact) mass is 313 g/mol. The van der Waals surface area contributed by atoms with Crippen molar-refractivity contribution in [3.8, 4) is 0 Å². The number of hydrogen-bond acceptors (Lipinski definition) is 4. The van der Waals surface area contributed by atoms with E-state index in [0.29, 0.717) is 6.54 Å². The summed E-state index contributed by atoms with van der Waals surface area (Å²) >= 11 is 0. The topological polar surface area (TPSA) is 75.4 Å². The van der Waals surface area contributed by atoms with Gasteiger partial charge >= 0.3 is 11.8 Å². The third-order valence-electron chi connectivity index (χ3n) is 4.10. The van der Waals surface area contributed by atoms with Gasteiger partial charge in [0, 0.05) is 12.6 Å². The number of aromatic nitrogens is 1. The number of aryl methyl sites for hydroxylation is 1. The molecule has 1 aliphatic heterocycles. The van der Waals surface area contributed by atoms with Gasteiger partial charge in [0.05, 0.1) is 6.04 Å². The maximum atomic E-state index is 12.5. The molecule has 0 radical (unpaired) electrons. The molecule has 0 bridgehead atoms. The molecule has 6 heteroatoms. The molecule has 0 saturated carbocycles. The van der Waals surface area contributed by atoms with Gasteiger partial charge in [0.1, 0.15) is 6.26 Å². The molecular weight excluding hydrogens is 294 g/mol. The minimum absolute atomic E-state index is 0.0556. The van der Waals surface area contributed by atoms with Crippen molar-refractivity contribution in [1.82, 2.24) is 10.1 Å². The van der Waals surface area contributed by atoms with Crippen LogP contribution in [0.2, 0.25) is 0 Å². The first-order valence-corrected chi connectivity index (χ1v) is 7.74. The second-order valence-corrected chi connectivity index (χ2v) is 5.76. The van der Waals surface area contributed by atoms with Gasteiger partial charge in [0.25, 0.3) is 0 Å². The lowest BCUT2D eigenvalue weighted by molar-refractivity contribution is -0.145. The van der Waals surface area contributed by atoms with E-state index in [-0.39, 0.29) is 11.9 Å². The van der Waals surface area contributed by atoms with Gasteiger partial charge in [-0.05, 0) is 31.7 Å². The molecule has 120 valence electrons. The number of hydrogen-bond donors (Lipinski definition) is 1. The van der Waals surface area contributed by atoms with Crippen molar-refractivity contribution in [3.63, 3.8) is 0 Å². The zero-order valence-corrected chi connectivity index (χ0v) is 13.0. The molecule has 0 spiro atoms. The Balaban J connectivity index is 1.76. The molecule has 1 N–H and O–H groups in total. The molecule has 2 amide bonds. The van der Waals surface area contributed by atoms with Gasteiger partial charge in [-0.15, -0.1) is 0 Å². The second-order valence-electron chi connectivity index (χ2n) is 5.76. The van der Waals surface area contributed by atoms with Crippen molar-refractivity contribution in [2.75, 3.05) is 11.9 Å². The lowest BCUT2D eigenvalue weighted by atomic mass is 9.94. The lowest BCUT2D eigenvalue weighted by Gasteiger charge is -2.35. The van der Waals surface area contributed by atoms with Gasteiger partial charge < -0.3 is 9.42 Å². The van der Waals surface area contributed by atoms with Gasteiger partial charge in [-0.2, -0.15) is 0 Å². The third-order valence-corrected chi connectivity index (χ3v) is 4.10. The maximum Gasteiger partial charge on any atom is 0.315 e. The van der Waals surface area contributed by atoms with E-state index in [9.17, 15) is 9.59 Å². The molecule has 1 aromatic carbocycles. The van der Waals surface area contributed by atoms with Crippen LogP contribution in [-0.4, -0.2) is 28.4 Å². The van der Waals surface area contributed by atoms with E-state index in [0.717, 1.165) is 24.8 Å². The molecule has 1 unspecified atom stereocenters. The number of nitrogens with one attached hydrogen (secondary N) is 1. The van der Waals surface area contributed by atoms with Crippen LogP contribution in [0.1, 0.15) is 36.4 Å². The predicted octanol–water partition coefficient (Wildman–Crippen LogP) is 2.68. The average Bonchev–Trinajstić information content (AvgIpc) is 3.08. The summed E-state index contributed by atoms with van der Waals surface area (Å²) in [4.78, 5) is 26.3. The summed E-state index contributed by atoms with van der Waals surface area (Å²) in [6.07, 6.45) is 4.17. The fraction of sp³-hybridized carbons (Fsp3) is 0.353. The summed E-state index contributed by atoms with van der Waals surface area (Å²) in [5, 5.41) is 6.06. The predicted molar refractivity (Wildman–Crippen MR) is 84.6 cm³/mol. The van der Waals surface area contributed by atoms with Crippen LogP contribution in [0.5, 0.6) is 0 Å². The van der Waals surface area contributed by atoms with Crippen LogP contribution < -0.4 is 5.32 Å². The van der Waals surface area contributed by atoms with Crippen molar-refractivity contribution in [2.24, 2.45) is 0 Å². The minimum Gasteiger partial charge on any atom is -0.363 e. The molecule has 1 fully saturated rings. The van der Waals surface area contributed by atoms with Crippen molar-refractivity contribution < 1.29 is 14.1 Å². The number of anilines is 1. The average molecular weight is 313 g/mol. The van der Waals surface area contributed by atoms with Crippen molar-refractivity contribution in [3.05, 3.63) is 47.7 Å². The number of benzene rings is 1. The van der Waals surface area contributed by atoms with E-state index in [4.69, 9.17) is 0 Å².